The topological polar surface area (TPSA) is 75.4 Å². The summed E-state index contributed by atoms with van der Waals surface area (Å²) in [6.07, 6.45) is 0. The van der Waals surface area contributed by atoms with Gasteiger partial charge in [-0.05, 0) is 39.3 Å². The highest BCUT2D eigenvalue weighted by Crippen LogP contribution is 2.24. The van der Waals surface area contributed by atoms with Gasteiger partial charge in [-0.1, -0.05) is 5.16 Å². The number of nitrogens with one attached hydrogen (secondary N) is 1. The number of carboxylic acids is 1. The lowest BCUT2D eigenvalue weighted by Gasteiger charge is -2.13. The maximum Gasteiger partial charge on any atom is 0.345 e. The van der Waals surface area contributed by atoms with E-state index in [-0.39, 0.29) is 6.04 Å². The highest BCUT2D eigenvalue weighted by Gasteiger charge is 2.17. The second-order valence-corrected chi connectivity index (χ2v) is 6.09. The molecule has 0 bridgehead atoms. The number of hydrogen-bond acceptors (Lipinski definition) is 5. The minimum absolute atomic E-state index is 0.105. The van der Waals surface area contributed by atoms with Crippen LogP contribution in [0.4, 0.5) is 0 Å². The van der Waals surface area contributed by atoms with E-state index < -0.39 is 5.97 Å². The van der Waals surface area contributed by atoms with Gasteiger partial charge in [0.2, 0.25) is 0 Å². The van der Waals surface area contributed by atoms with Gasteiger partial charge in [0.15, 0.2) is 0 Å². The van der Waals surface area contributed by atoms with Crippen LogP contribution in [0.5, 0.6) is 0 Å². The first-order valence-corrected chi connectivity index (χ1v) is 7.20. The highest BCUT2D eigenvalue weighted by molar-refractivity contribution is 7.14. The van der Waals surface area contributed by atoms with Crippen LogP contribution >= 0.6 is 11.3 Å². The Kier molecular flexibility index (Phi) is 4.25. The summed E-state index contributed by atoms with van der Waals surface area (Å²) in [6, 6.07) is 1.84. The molecule has 0 saturated heterocycles. The highest BCUT2D eigenvalue weighted by atomic mass is 32.1. The Morgan fingerprint density at radius 1 is 1.50 bits per heavy atom. The van der Waals surface area contributed by atoms with Crippen molar-refractivity contribution in [2.45, 2.75) is 40.3 Å². The summed E-state index contributed by atoms with van der Waals surface area (Å²) in [7, 11) is 0. The van der Waals surface area contributed by atoms with Gasteiger partial charge in [0.05, 0.1) is 5.69 Å². The molecule has 0 aliphatic carbocycles. The van der Waals surface area contributed by atoms with Gasteiger partial charge in [-0.2, -0.15) is 0 Å². The molecular formula is C14H18N2O3S. The number of aromatic nitrogens is 1. The lowest BCUT2D eigenvalue weighted by atomic mass is 10.1. The predicted octanol–water partition coefficient (Wildman–Crippen LogP) is 3.21. The Balaban J connectivity index is 2.07. The summed E-state index contributed by atoms with van der Waals surface area (Å²) in [4.78, 5) is 12.4. The zero-order valence-corrected chi connectivity index (χ0v) is 12.8. The van der Waals surface area contributed by atoms with Crippen LogP contribution in [0.1, 0.15) is 50.1 Å². The molecule has 1 atom stereocenters. The molecule has 0 aliphatic rings. The minimum Gasteiger partial charge on any atom is -0.477 e. The third-order valence-electron chi connectivity index (χ3n) is 3.35. The van der Waals surface area contributed by atoms with Crippen molar-refractivity contribution in [2.75, 3.05) is 0 Å². The number of aromatic carboxylic acids is 1. The van der Waals surface area contributed by atoms with Crippen LogP contribution in [0.3, 0.4) is 0 Å². The monoisotopic (exact) mass is 294 g/mol. The minimum atomic E-state index is -0.872. The molecule has 0 aromatic carbocycles. The van der Waals surface area contributed by atoms with Gasteiger partial charge >= 0.3 is 5.97 Å². The van der Waals surface area contributed by atoms with Gasteiger partial charge in [0.25, 0.3) is 0 Å². The zero-order valence-electron chi connectivity index (χ0n) is 12.0. The van der Waals surface area contributed by atoms with Crippen LogP contribution in [0.15, 0.2) is 10.6 Å². The van der Waals surface area contributed by atoms with Crippen LogP contribution in [0.25, 0.3) is 0 Å². The summed E-state index contributed by atoms with van der Waals surface area (Å²) in [5.41, 5.74) is 2.97. The number of carbonyl (C=O) groups is 1. The molecular weight excluding hydrogens is 276 g/mol. The molecule has 5 nitrogen and oxygen atoms in total. The summed E-state index contributed by atoms with van der Waals surface area (Å²) in [5.74, 6) is -0.0566. The normalized spacial score (nSPS) is 12.6. The van der Waals surface area contributed by atoms with Gasteiger partial charge in [-0.25, -0.2) is 4.79 Å². The van der Waals surface area contributed by atoms with Crippen molar-refractivity contribution in [1.82, 2.24) is 10.5 Å². The fourth-order valence-electron chi connectivity index (χ4n) is 2.27. The first-order chi connectivity index (χ1) is 9.40. The van der Waals surface area contributed by atoms with Crippen molar-refractivity contribution in [2.24, 2.45) is 0 Å². The van der Waals surface area contributed by atoms with E-state index in [1.807, 2.05) is 27.7 Å². The van der Waals surface area contributed by atoms with E-state index in [1.165, 1.54) is 11.3 Å². The molecule has 6 heteroatoms. The van der Waals surface area contributed by atoms with E-state index in [0.717, 1.165) is 27.5 Å². The first kappa shape index (κ1) is 14.7. The number of aryl methyl sites for hydroxylation is 3. The smallest absolute Gasteiger partial charge is 0.345 e. The van der Waals surface area contributed by atoms with Crippen molar-refractivity contribution in [3.8, 4) is 0 Å². The molecule has 20 heavy (non-hydrogen) atoms. The van der Waals surface area contributed by atoms with Crippen LogP contribution in [0.2, 0.25) is 0 Å². The van der Waals surface area contributed by atoms with Crippen LogP contribution in [0, 0.1) is 20.8 Å². The van der Waals surface area contributed by atoms with Crippen molar-refractivity contribution >= 4 is 17.3 Å². The van der Waals surface area contributed by atoms with Crippen molar-refractivity contribution in [1.29, 1.82) is 0 Å². The number of nitrogens with zero attached hydrogens (tertiary/aromatic N) is 1. The average Bonchev–Trinajstić information content (AvgIpc) is 2.90. The van der Waals surface area contributed by atoms with E-state index in [9.17, 15) is 4.79 Å². The van der Waals surface area contributed by atoms with Crippen LogP contribution in [-0.4, -0.2) is 16.2 Å². The Morgan fingerprint density at radius 2 is 2.20 bits per heavy atom. The third-order valence-corrected chi connectivity index (χ3v) is 4.43. The molecule has 2 N–H and O–H groups in total. The molecule has 0 spiro atoms. The van der Waals surface area contributed by atoms with Crippen LogP contribution < -0.4 is 5.32 Å². The molecule has 2 aromatic heterocycles. The molecule has 0 radical (unpaired) electrons. The number of carboxylic acid groups (broad SMARTS) is 1. The summed E-state index contributed by atoms with van der Waals surface area (Å²) >= 11 is 1.31. The van der Waals surface area contributed by atoms with E-state index in [2.05, 4.69) is 10.5 Å². The standard InChI is InChI=1S/C14H18N2O3S/c1-7(13-8(2)16-19-9(13)3)15-6-11-5-12(14(17)18)20-10(11)4/h5,7,15H,6H2,1-4H3,(H,17,18). The largest absolute Gasteiger partial charge is 0.477 e. The Labute approximate surface area is 121 Å². The lowest BCUT2D eigenvalue weighted by Crippen LogP contribution is -2.19. The van der Waals surface area contributed by atoms with E-state index in [1.54, 1.807) is 6.07 Å². The van der Waals surface area contributed by atoms with Crippen molar-refractivity contribution in [3.05, 3.63) is 38.4 Å². The SMILES string of the molecule is Cc1noc(C)c1C(C)NCc1cc(C(=O)O)sc1C. The maximum absolute atomic E-state index is 11.0. The molecule has 108 valence electrons. The van der Waals surface area contributed by atoms with Crippen molar-refractivity contribution in [3.63, 3.8) is 0 Å². The molecule has 0 aliphatic heterocycles. The average molecular weight is 294 g/mol. The fraction of sp³-hybridized carbons (Fsp3) is 0.429. The number of thiophene rings is 1. The van der Waals surface area contributed by atoms with Gasteiger partial charge in [-0.3, -0.25) is 0 Å². The number of rotatable bonds is 5. The van der Waals surface area contributed by atoms with E-state index in [0.29, 0.717) is 11.4 Å². The Morgan fingerprint density at radius 3 is 2.70 bits per heavy atom. The predicted molar refractivity (Wildman–Crippen MR) is 77.2 cm³/mol. The summed E-state index contributed by atoms with van der Waals surface area (Å²) in [5, 5.41) is 16.3. The quantitative estimate of drug-likeness (QED) is 0.885. The van der Waals surface area contributed by atoms with Gasteiger partial charge in [-0.15, -0.1) is 11.3 Å². The molecule has 2 heterocycles. The summed E-state index contributed by atoms with van der Waals surface area (Å²) in [6.45, 7) is 8.43. The van der Waals surface area contributed by atoms with Gasteiger partial charge in [0, 0.05) is 23.0 Å². The van der Waals surface area contributed by atoms with Crippen molar-refractivity contribution < 1.29 is 14.4 Å². The van der Waals surface area contributed by atoms with Gasteiger partial charge < -0.3 is 14.9 Å². The van der Waals surface area contributed by atoms with Gasteiger partial charge in [0.1, 0.15) is 10.6 Å². The maximum atomic E-state index is 11.0. The molecule has 0 saturated carbocycles. The molecule has 2 rings (SSSR count). The second-order valence-electron chi connectivity index (χ2n) is 4.84. The molecule has 2 aromatic rings. The van der Waals surface area contributed by atoms with E-state index in [4.69, 9.17) is 9.63 Å². The second kappa shape index (κ2) is 5.76. The molecule has 0 amide bonds. The Bertz CT molecular complexity index is 611. The zero-order chi connectivity index (χ0) is 14.9. The lowest BCUT2D eigenvalue weighted by molar-refractivity contribution is 0.0702. The first-order valence-electron chi connectivity index (χ1n) is 6.39. The number of hydrogen-bond donors (Lipinski definition) is 2. The fourth-order valence-corrected chi connectivity index (χ4v) is 3.15. The van der Waals surface area contributed by atoms with Crippen LogP contribution in [-0.2, 0) is 6.54 Å². The summed E-state index contributed by atoms with van der Waals surface area (Å²) < 4.78 is 5.16. The van der Waals surface area contributed by atoms with E-state index >= 15 is 0 Å². The third kappa shape index (κ3) is 2.91. The molecule has 0 fully saturated rings. The Hall–Kier alpha value is -1.66. The molecule has 1 unspecified atom stereocenters.